The van der Waals surface area contributed by atoms with Gasteiger partial charge >= 0.3 is 0 Å². The van der Waals surface area contributed by atoms with Crippen LogP contribution in [0.25, 0.3) is 16.9 Å². The topological polar surface area (TPSA) is 113 Å². The number of carbonyl (C=O) groups excluding carboxylic acids is 1. The third-order valence-electron chi connectivity index (χ3n) is 6.15. The number of rotatable bonds is 5. The zero-order valence-electron chi connectivity index (χ0n) is 19.3. The zero-order chi connectivity index (χ0) is 23.9. The molecule has 0 saturated carbocycles. The third-order valence-corrected chi connectivity index (χ3v) is 6.15. The number of nitriles is 1. The lowest BCUT2D eigenvalue weighted by atomic mass is 9.92. The number of Topliss-reactive ketones (excluding diaryl/α,β-unsaturated/α-hetero) is 1. The van der Waals surface area contributed by atoms with Crippen molar-refractivity contribution in [3.8, 4) is 11.9 Å². The van der Waals surface area contributed by atoms with Gasteiger partial charge in [-0.05, 0) is 69.7 Å². The van der Waals surface area contributed by atoms with E-state index < -0.39 is 5.41 Å². The summed E-state index contributed by atoms with van der Waals surface area (Å²) in [6, 6.07) is 15.6. The highest BCUT2D eigenvalue weighted by molar-refractivity contribution is 5.99. The summed E-state index contributed by atoms with van der Waals surface area (Å²) in [6.07, 6.45) is 2.46. The van der Waals surface area contributed by atoms with Crippen molar-refractivity contribution in [2.24, 2.45) is 5.41 Å². The van der Waals surface area contributed by atoms with Crippen molar-refractivity contribution in [2.75, 3.05) is 23.3 Å². The van der Waals surface area contributed by atoms with E-state index in [1.807, 2.05) is 59.7 Å². The fourth-order valence-electron chi connectivity index (χ4n) is 4.20. The molecule has 1 saturated heterocycles. The Morgan fingerprint density at radius 3 is 2.74 bits per heavy atom. The summed E-state index contributed by atoms with van der Waals surface area (Å²) in [4.78, 5) is 23.8. The van der Waals surface area contributed by atoms with Crippen LogP contribution in [0.1, 0.15) is 36.3 Å². The van der Waals surface area contributed by atoms with Crippen molar-refractivity contribution in [3.05, 3.63) is 60.0 Å². The number of ketones is 1. The Morgan fingerprint density at radius 1 is 1.18 bits per heavy atom. The van der Waals surface area contributed by atoms with E-state index in [1.54, 1.807) is 12.4 Å². The first-order valence-corrected chi connectivity index (χ1v) is 11.1. The molecule has 1 aliphatic heterocycles. The second kappa shape index (κ2) is 8.23. The number of aromatic nitrogens is 5. The molecule has 170 valence electrons. The van der Waals surface area contributed by atoms with Gasteiger partial charge in [-0.25, -0.2) is 9.97 Å². The maximum Gasteiger partial charge on any atom is 0.163 e. The van der Waals surface area contributed by atoms with E-state index in [4.69, 9.17) is 4.98 Å². The maximum absolute atomic E-state index is 12.3. The van der Waals surface area contributed by atoms with E-state index in [9.17, 15) is 10.1 Å². The van der Waals surface area contributed by atoms with Crippen LogP contribution < -0.4 is 10.2 Å². The zero-order valence-corrected chi connectivity index (χ0v) is 19.3. The molecule has 3 aromatic heterocycles. The summed E-state index contributed by atoms with van der Waals surface area (Å²) in [6.45, 7) is 6.59. The minimum Gasteiger partial charge on any atom is -0.354 e. The van der Waals surface area contributed by atoms with Crippen molar-refractivity contribution in [1.82, 2.24) is 24.7 Å². The number of anilines is 3. The predicted octanol–water partition coefficient (Wildman–Crippen LogP) is 4.21. The van der Waals surface area contributed by atoms with Gasteiger partial charge in [-0.1, -0.05) is 0 Å². The number of nitrogens with one attached hydrogen (secondary N) is 1. The second-order valence-electron chi connectivity index (χ2n) is 8.94. The number of fused-ring (bicyclic) bond motifs is 1. The summed E-state index contributed by atoms with van der Waals surface area (Å²) >= 11 is 0. The molecule has 5 rings (SSSR count). The summed E-state index contributed by atoms with van der Waals surface area (Å²) in [5.41, 5.74) is 3.48. The van der Waals surface area contributed by atoms with Gasteiger partial charge in [0.1, 0.15) is 18.0 Å². The van der Waals surface area contributed by atoms with Crippen molar-refractivity contribution in [2.45, 2.75) is 27.2 Å². The van der Waals surface area contributed by atoms with Gasteiger partial charge in [0.25, 0.3) is 0 Å². The molecule has 9 nitrogen and oxygen atoms in total. The predicted molar refractivity (Wildman–Crippen MR) is 129 cm³/mol. The monoisotopic (exact) mass is 452 g/mol. The highest BCUT2D eigenvalue weighted by Gasteiger charge is 2.35. The maximum atomic E-state index is 12.3. The molecule has 1 aromatic carbocycles. The van der Waals surface area contributed by atoms with Crippen LogP contribution in [-0.4, -0.2) is 43.6 Å². The quantitative estimate of drug-likeness (QED) is 0.448. The smallest absolute Gasteiger partial charge is 0.163 e. The SMILES string of the molecule is CC(=O)c1ccc(-n2cnc3ccc(Nc4ccc(C)nn4)cc32)nc1N1CCC(C)(C#N)C1. The van der Waals surface area contributed by atoms with Gasteiger partial charge in [-0.15, -0.1) is 5.10 Å². The van der Waals surface area contributed by atoms with Crippen LogP contribution in [0.15, 0.2) is 48.8 Å². The summed E-state index contributed by atoms with van der Waals surface area (Å²) < 4.78 is 1.90. The molecule has 0 aliphatic carbocycles. The minimum atomic E-state index is -0.452. The first-order chi connectivity index (χ1) is 16.3. The highest BCUT2D eigenvalue weighted by Crippen LogP contribution is 2.34. The van der Waals surface area contributed by atoms with Gasteiger partial charge in [-0.2, -0.15) is 10.4 Å². The highest BCUT2D eigenvalue weighted by atomic mass is 16.1. The summed E-state index contributed by atoms with van der Waals surface area (Å²) in [5.74, 6) is 1.85. The lowest BCUT2D eigenvalue weighted by Gasteiger charge is -2.22. The average Bonchev–Trinajstić information content (AvgIpc) is 3.44. The molecular formula is C25H24N8O. The Morgan fingerprint density at radius 2 is 2.03 bits per heavy atom. The average molecular weight is 453 g/mol. The molecular weight excluding hydrogens is 428 g/mol. The van der Waals surface area contributed by atoms with Crippen LogP contribution in [0.5, 0.6) is 0 Å². The Kier molecular flexibility index (Phi) is 5.21. The molecule has 9 heteroatoms. The van der Waals surface area contributed by atoms with Crippen molar-refractivity contribution >= 4 is 34.1 Å². The summed E-state index contributed by atoms with van der Waals surface area (Å²) in [5, 5.41) is 21.1. The van der Waals surface area contributed by atoms with E-state index in [2.05, 4.69) is 26.6 Å². The van der Waals surface area contributed by atoms with Gasteiger partial charge in [0, 0.05) is 18.8 Å². The molecule has 0 radical (unpaired) electrons. The van der Waals surface area contributed by atoms with Crippen LogP contribution in [0, 0.1) is 23.7 Å². The molecule has 4 aromatic rings. The van der Waals surface area contributed by atoms with E-state index in [-0.39, 0.29) is 5.78 Å². The normalized spacial score (nSPS) is 17.6. The number of benzene rings is 1. The molecule has 1 unspecified atom stereocenters. The van der Waals surface area contributed by atoms with Crippen molar-refractivity contribution in [3.63, 3.8) is 0 Å². The van der Waals surface area contributed by atoms with Crippen LogP contribution in [0.4, 0.5) is 17.3 Å². The van der Waals surface area contributed by atoms with Gasteiger partial charge < -0.3 is 10.2 Å². The van der Waals surface area contributed by atoms with Gasteiger partial charge in [0.05, 0.1) is 33.8 Å². The minimum absolute atomic E-state index is 0.0548. The molecule has 0 spiro atoms. The third kappa shape index (κ3) is 3.94. The standard InChI is InChI=1S/C25H24N8O/c1-16-4-8-22(31-30-16)28-18-5-7-20-21(12-18)33(15-27-20)23-9-6-19(17(2)34)24(29-23)32-11-10-25(3,13-26)14-32/h4-9,12,15H,10-11,14H2,1-3H3,(H,28,31). The second-order valence-corrected chi connectivity index (χ2v) is 8.94. The van der Waals surface area contributed by atoms with Gasteiger partial charge in [0.15, 0.2) is 11.6 Å². The molecule has 0 amide bonds. The Balaban J connectivity index is 1.53. The lowest BCUT2D eigenvalue weighted by Crippen LogP contribution is -2.26. The number of imidazole rings is 1. The molecule has 1 fully saturated rings. The number of pyridine rings is 1. The first kappa shape index (κ1) is 21.5. The van der Waals surface area contributed by atoms with Crippen LogP contribution in [0.2, 0.25) is 0 Å². The van der Waals surface area contributed by atoms with Gasteiger partial charge in [0.2, 0.25) is 0 Å². The Bertz CT molecular complexity index is 1440. The Hall–Kier alpha value is -4.32. The van der Waals surface area contributed by atoms with Crippen LogP contribution in [0.3, 0.4) is 0 Å². The van der Waals surface area contributed by atoms with E-state index in [0.29, 0.717) is 36.1 Å². The van der Waals surface area contributed by atoms with E-state index in [0.717, 1.165) is 28.8 Å². The number of nitrogens with zero attached hydrogens (tertiary/aromatic N) is 7. The molecule has 1 N–H and O–H groups in total. The number of hydrogen-bond acceptors (Lipinski definition) is 8. The lowest BCUT2D eigenvalue weighted by molar-refractivity contribution is 0.101. The largest absolute Gasteiger partial charge is 0.354 e. The fraction of sp³-hybridized carbons (Fsp3) is 0.280. The molecule has 4 heterocycles. The van der Waals surface area contributed by atoms with Crippen LogP contribution >= 0.6 is 0 Å². The number of carbonyl (C=O) groups is 1. The molecule has 0 bridgehead atoms. The number of hydrogen-bond donors (Lipinski definition) is 1. The Labute approximate surface area is 197 Å². The van der Waals surface area contributed by atoms with E-state index in [1.165, 1.54) is 6.92 Å². The fourth-order valence-corrected chi connectivity index (χ4v) is 4.20. The van der Waals surface area contributed by atoms with Crippen molar-refractivity contribution in [1.29, 1.82) is 5.26 Å². The molecule has 34 heavy (non-hydrogen) atoms. The van der Waals surface area contributed by atoms with Crippen LogP contribution in [-0.2, 0) is 0 Å². The van der Waals surface area contributed by atoms with Crippen molar-refractivity contribution < 1.29 is 4.79 Å². The molecule has 1 aliphatic rings. The van der Waals surface area contributed by atoms with E-state index >= 15 is 0 Å². The summed E-state index contributed by atoms with van der Waals surface area (Å²) in [7, 11) is 0. The molecule has 1 atom stereocenters. The van der Waals surface area contributed by atoms with Gasteiger partial charge in [-0.3, -0.25) is 9.36 Å². The first-order valence-electron chi connectivity index (χ1n) is 11.1. The number of aryl methyl sites for hydroxylation is 1.